The van der Waals surface area contributed by atoms with Gasteiger partial charge in [0.15, 0.2) is 0 Å². The zero-order valence-electron chi connectivity index (χ0n) is 20.1. The van der Waals surface area contributed by atoms with Crippen LogP contribution in [0.25, 0.3) is 28.0 Å². The van der Waals surface area contributed by atoms with Gasteiger partial charge in [-0.25, -0.2) is 4.98 Å². The maximum Gasteiger partial charge on any atom is 0.213 e. The van der Waals surface area contributed by atoms with Gasteiger partial charge in [0.2, 0.25) is 5.88 Å². The maximum absolute atomic E-state index is 5.88. The molecular weight excluding hydrogens is 406 g/mol. The third-order valence-corrected chi connectivity index (χ3v) is 5.73. The smallest absolute Gasteiger partial charge is 0.213 e. The molecule has 3 aromatic rings. The van der Waals surface area contributed by atoms with E-state index in [1.165, 1.54) is 35.6 Å². The number of allylic oxidation sites excluding steroid dienone is 1. The Kier molecular flexibility index (Phi) is 10.2. The Hall–Kier alpha value is -2.91. The summed E-state index contributed by atoms with van der Waals surface area (Å²) in [6.07, 6.45) is 15.5. The molecule has 2 aromatic carbocycles. The molecule has 0 fully saturated rings. The van der Waals surface area contributed by atoms with E-state index in [2.05, 4.69) is 74.0 Å². The predicted octanol–water partition coefficient (Wildman–Crippen LogP) is 8.25. The van der Waals surface area contributed by atoms with Crippen molar-refractivity contribution in [3.05, 3.63) is 79.0 Å². The van der Waals surface area contributed by atoms with Gasteiger partial charge in [0.05, 0.1) is 6.10 Å². The lowest BCUT2D eigenvalue weighted by molar-refractivity contribution is 0.0566. The van der Waals surface area contributed by atoms with E-state index in [4.69, 9.17) is 9.47 Å². The van der Waals surface area contributed by atoms with Crippen molar-refractivity contribution in [1.29, 1.82) is 0 Å². The molecule has 0 radical (unpaired) electrons. The predicted molar refractivity (Wildman–Crippen MR) is 141 cm³/mol. The van der Waals surface area contributed by atoms with Crippen LogP contribution in [0.3, 0.4) is 0 Å². The van der Waals surface area contributed by atoms with Gasteiger partial charge in [-0.3, -0.25) is 0 Å². The molecule has 0 spiro atoms. The molecule has 0 saturated carbocycles. The van der Waals surface area contributed by atoms with Gasteiger partial charge in [-0.2, -0.15) is 0 Å². The summed E-state index contributed by atoms with van der Waals surface area (Å²) < 4.78 is 11.4. The SMILES string of the molecule is C=CCOc1ccc(-c2ccc3cc(C=CCCCC(C)OCCCCC)ccc3c2)cn1. The minimum absolute atomic E-state index is 0.358. The second-order valence-corrected chi connectivity index (χ2v) is 8.53. The number of aromatic nitrogens is 1. The summed E-state index contributed by atoms with van der Waals surface area (Å²) >= 11 is 0. The van der Waals surface area contributed by atoms with E-state index in [1.807, 2.05) is 18.3 Å². The van der Waals surface area contributed by atoms with Crippen LogP contribution in [0, 0.1) is 0 Å². The van der Waals surface area contributed by atoms with Gasteiger partial charge in [-0.1, -0.05) is 68.8 Å². The summed E-state index contributed by atoms with van der Waals surface area (Å²) in [7, 11) is 0. The van der Waals surface area contributed by atoms with Gasteiger partial charge < -0.3 is 9.47 Å². The number of hydrogen-bond donors (Lipinski definition) is 0. The summed E-state index contributed by atoms with van der Waals surface area (Å²) in [5.74, 6) is 0.616. The van der Waals surface area contributed by atoms with E-state index in [0.29, 0.717) is 18.6 Å². The van der Waals surface area contributed by atoms with Crippen molar-refractivity contribution in [2.75, 3.05) is 13.2 Å². The average molecular weight is 444 g/mol. The van der Waals surface area contributed by atoms with Crippen LogP contribution in [0.15, 0.2) is 73.5 Å². The number of benzene rings is 2. The normalized spacial score (nSPS) is 12.3. The van der Waals surface area contributed by atoms with Crippen molar-refractivity contribution >= 4 is 16.8 Å². The fraction of sp³-hybridized carbons (Fsp3) is 0.367. The quantitative estimate of drug-likeness (QED) is 0.186. The van der Waals surface area contributed by atoms with Gasteiger partial charge in [-0.15, -0.1) is 0 Å². The van der Waals surface area contributed by atoms with Crippen LogP contribution < -0.4 is 4.74 Å². The van der Waals surface area contributed by atoms with Gasteiger partial charge in [0.25, 0.3) is 0 Å². The Bertz CT molecular complexity index is 1020. The largest absolute Gasteiger partial charge is 0.473 e. The third-order valence-electron chi connectivity index (χ3n) is 5.73. The highest BCUT2D eigenvalue weighted by Gasteiger charge is 2.03. The molecule has 0 N–H and O–H groups in total. The Morgan fingerprint density at radius 3 is 2.58 bits per heavy atom. The zero-order valence-corrected chi connectivity index (χ0v) is 20.1. The summed E-state index contributed by atoms with van der Waals surface area (Å²) in [6, 6.07) is 17.1. The summed E-state index contributed by atoms with van der Waals surface area (Å²) in [4.78, 5) is 4.38. The van der Waals surface area contributed by atoms with Crippen LogP contribution in [0.5, 0.6) is 5.88 Å². The molecule has 0 saturated heterocycles. The van der Waals surface area contributed by atoms with Crippen LogP contribution in [0.2, 0.25) is 0 Å². The number of ether oxygens (including phenoxy) is 2. The van der Waals surface area contributed by atoms with Crippen molar-refractivity contribution in [1.82, 2.24) is 4.98 Å². The van der Waals surface area contributed by atoms with E-state index in [-0.39, 0.29) is 0 Å². The first kappa shape index (κ1) is 24.7. The van der Waals surface area contributed by atoms with Crippen LogP contribution in [0.4, 0.5) is 0 Å². The molecule has 3 nitrogen and oxygen atoms in total. The van der Waals surface area contributed by atoms with Crippen LogP contribution in [0.1, 0.15) is 57.9 Å². The van der Waals surface area contributed by atoms with E-state index in [0.717, 1.165) is 37.0 Å². The molecule has 0 aliphatic rings. The number of pyridine rings is 1. The first-order chi connectivity index (χ1) is 16.2. The number of nitrogens with zero attached hydrogens (tertiary/aromatic N) is 1. The van der Waals surface area contributed by atoms with Crippen LogP contribution in [-0.4, -0.2) is 24.3 Å². The molecule has 3 rings (SSSR count). The second kappa shape index (κ2) is 13.6. The minimum Gasteiger partial charge on any atom is -0.473 e. The highest BCUT2D eigenvalue weighted by Crippen LogP contribution is 2.26. The van der Waals surface area contributed by atoms with Gasteiger partial charge >= 0.3 is 0 Å². The summed E-state index contributed by atoms with van der Waals surface area (Å²) in [6.45, 7) is 9.43. The molecule has 174 valence electrons. The van der Waals surface area contributed by atoms with E-state index >= 15 is 0 Å². The van der Waals surface area contributed by atoms with E-state index in [9.17, 15) is 0 Å². The first-order valence-corrected chi connectivity index (χ1v) is 12.2. The van der Waals surface area contributed by atoms with Gasteiger partial charge in [0, 0.05) is 24.4 Å². The van der Waals surface area contributed by atoms with Crippen molar-refractivity contribution in [2.24, 2.45) is 0 Å². The molecule has 0 bridgehead atoms. The number of unbranched alkanes of at least 4 members (excludes halogenated alkanes) is 3. The monoisotopic (exact) mass is 443 g/mol. The summed E-state index contributed by atoms with van der Waals surface area (Å²) in [5, 5.41) is 2.47. The fourth-order valence-electron chi connectivity index (χ4n) is 3.79. The Labute approximate surface area is 199 Å². The van der Waals surface area contributed by atoms with Crippen molar-refractivity contribution in [2.45, 2.75) is 58.5 Å². The molecule has 33 heavy (non-hydrogen) atoms. The first-order valence-electron chi connectivity index (χ1n) is 12.2. The molecule has 0 amide bonds. The molecule has 0 aliphatic carbocycles. The average Bonchev–Trinajstić information content (AvgIpc) is 2.85. The lowest BCUT2D eigenvalue weighted by Crippen LogP contribution is -2.08. The highest BCUT2D eigenvalue weighted by molar-refractivity contribution is 5.88. The topological polar surface area (TPSA) is 31.4 Å². The Morgan fingerprint density at radius 1 is 0.970 bits per heavy atom. The number of fused-ring (bicyclic) bond motifs is 1. The minimum atomic E-state index is 0.358. The van der Waals surface area contributed by atoms with Crippen molar-refractivity contribution in [3.63, 3.8) is 0 Å². The molecule has 1 atom stereocenters. The number of rotatable bonds is 14. The summed E-state index contributed by atoms with van der Waals surface area (Å²) in [5.41, 5.74) is 3.47. The van der Waals surface area contributed by atoms with E-state index < -0.39 is 0 Å². The van der Waals surface area contributed by atoms with Crippen LogP contribution >= 0.6 is 0 Å². The zero-order chi connectivity index (χ0) is 23.3. The van der Waals surface area contributed by atoms with Crippen molar-refractivity contribution in [3.8, 4) is 17.0 Å². The van der Waals surface area contributed by atoms with Gasteiger partial charge in [-0.05, 0) is 72.7 Å². The van der Waals surface area contributed by atoms with E-state index in [1.54, 1.807) is 6.08 Å². The maximum atomic E-state index is 5.88. The number of hydrogen-bond acceptors (Lipinski definition) is 3. The van der Waals surface area contributed by atoms with Gasteiger partial charge in [0.1, 0.15) is 6.61 Å². The molecular formula is C30H37NO2. The Balaban J connectivity index is 1.51. The molecule has 0 aliphatic heterocycles. The second-order valence-electron chi connectivity index (χ2n) is 8.53. The highest BCUT2D eigenvalue weighted by atomic mass is 16.5. The molecule has 1 unspecified atom stereocenters. The fourth-order valence-corrected chi connectivity index (χ4v) is 3.79. The van der Waals surface area contributed by atoms with Crippen molar-refractivity contribution < 1.29 is 9.47 Å². The molecule has 3 heteroatoms. The standard InChI is InChI=1S/C30H37NO2/c1-4-6-10-20-32-24(3)11-8-7-9-12-25-13-14-27-22-28(16-15-26(27)21-25)29-17-18-30(31-23-29)33-19-5-2/h5,9,12-18,21-24H,2,4,6-8,10-11,19-20H2,1,3H3. The van der Waals surface area contributed by atoms with Crippen LogP contribution in [-0.2, 0) is 4.74 Å². The molecule has 1 aromatic heterocycles. The lowest BCUT2D eigenvalue weighted by Gasteiger charge is -2.12. The molecule has 1 heterocycles. The lowest BCUT2D eigenvalue weighted by atomic mass is 10.0. The third kappa shape index (κ3) is 8.18. The Morgan fingerprint density at radius 2 is 1.79 bits per heavy atom.